The topological polar surface area (TPSA) is 51.0 Å². The van der Waals surface area contributed by atoms with Gasteiger partial charge < -0.3 is 9.84 Å². The minimum atomic E-state index is -4.53. The number of nitrogens with one attached hydrogen (secondary N) is 1. The van der Waals surface area contributed by atoms with E-state index in [2.05, 4.69) is 20.0 Å². The molecule has 1 N–H and O–H groups in total. The van der Waals surface area contributed by atoms with Gasteiger partial charge in [0.05, 0.1) is 0 Å². The maximum atomic E-state index is 12.2. The molecule has 2 heterocycles. The van der Waals surface area contributed by atoms with Crippen molar-refractivity contribution in [1.82, 2.24) is 10.1 Å². The molecule has 0 atom stereocenters. The lowest BCUT2D eigenvalue weighted by Gasteiger charge is -1.99. The molecule has 0 amide bonds. The van der Waals surface area contributed by atoms with Crippen molar-refractivity contribution in [3.05, 3.63) is 36.2 Å². The van der Waals surface area contributed by atoms with Gasteiger partial charge >= 0.3 is 6.18 Å². The van der Waals surface area contributed by atoms with E-state index in [1.807, 2.05) is 0 Å². The van der Waals surface area contributed by atoms with Crippen LogP contribution in [0.1, 0.15) is 5.76 Å². The summed E-state index contributed by atoms with van der Waals surface area (Å²) in [6, 6.07) is 5.76. The van der Waals surface area contributed by atoms with E-state index in [0.29, 0.717) is 5.82 Å². The van der Waals surface area contributed by atoms with Crippen LogP contribution in [0, 0.1) is 0 Å². The Morgan fingerprint density at radius 2 is 2.00 bits per heavy atom. The van der Waals surface area contributed by atoms with E-state index < -0.39 is 11.9 Å². The molecule has 0 bridgehead atoms. The van der Waals surface area contributed by atoms with Crippen LogP contribution >= 0.6 is 0 Å². The average Bonchev–Trinajstić information content (AvgIpc) is 2.67. The summed E-state index contributed by atoms with van der Waals surface area (Å²) in [6.45, 7) is 0. The van der Waals surface area contributed by atoms with Crippen LogP contribution in [0.4, 0.5) is 24.8 Å². The number of alkyl halides is 3. The van der Waals surface area contributed by atoms with Crippen molar-refractivity contribution in [2.24, 2.45) is 0 Å². The smallest absolute Gasteiger partial charge is 0.349 e. The number of pyridine rings is 1. The van der Waals surface area contributed by atoms with Crippen LogP contribution in [-0.2, 0) is 6.18 Å². The molecule has 0 aromatic carbocycles. The first kappa shape index (κ1) is 10.5. The standard InChI is InChI=1S/C9H6F3N3O/c10-9(11,12)6-5-8(15-16-6)14-7-3-1-2-4-13-7/h1-5H,(H,13,14,15). The molecule has 7 heteroatoms. The van der Waals surface area contributed by atoms with Crippen LogP contribution in [-0.4, -0.2) is 10.1 Å². The SMILES string of the molecule is FC(F)(F)c1cc(Nc2ccccn2)no1. The largest absolute Gasteiger partial charge is 0.452 e. The Hall–Kier alpha value is -2.05. The fourth-order valence-corrected chi connectivity index (χ4v) is 1.04. The second-order valence-electron chi connectivity index (χ2n) is 2.91. The van der Waals surface area contributed by atoms with Crippen LogP contribution in [0.5, 0.6) is 0 Å². The van der Waals surface area contributed by atoms with Crippen molar-refractivity contribution in [3.63, 3.8) is 0 Å². The minimum absolute atomic E-state index is 0.0361. The number of hydrogen-bond donors (Lipinski definition) is 1. The zero-order valence-corrected chi connectivity index (χ0v) is 7.82. The van der Waals surface area contributed by atoms with Gasteiger partial charge in [0.1, 0.15) is 5.82 Å². The highest BCUT2D eigenvalue weighted by Gasteiger charge is 2.36. The number of hydrogen-bond acceptors (Lipinski definition) is 4. The summed E-state index contributed by atoms with van der Waals surface area (Å²) in [5.41, 5.74) is 0. The molecule has 2 rings (SSSR count). The first-order valence-corrected chi connectivity index (χ1v) is 4.28. The van der Waals surface area contributed by atoms with Crippen LogP contribution in [0.25, 0.3) is 0 Å². The number of rotatable bonds is 2. The van der Waals surface area contributed by atoms with Gasteiger partial charge in [0, 0.05) is 12.3 Å². The summed E-state index contributed by atoms with van der Waals surface area (Å²) < 4.78 is 40.6. The maximum Gasteiger partial charge on any atom is 0.452 e. The summed E-state index contributed by atoms with van der Waals surface area (Å²) in [7, 11) is 0. The third-order valence-corrected chi connectivity index (χ3v) is 1.71. The third kappa shape index (κ3) is 2.30. The van der Waals surface area contributed by atoms with Gasteiger partial charge in [0.2, 0.25) is 5.76 Å². The average molecular weight is 229 g/mol. The molecule has 2 aromatic heterocycles. The quantitative estimate of drug-likeness (QED) is 0.860. The molecule has 0 saturated carbocycles. The van der Waals surface area contributed by atoms with Crippen molar-refractivity contribution >= 4 is 11.6 Å². The van der Waals surface area contributed by atoms with E-state index in [0.717, 1.165) is 6.07 Å². The van der Waals surface area contributed by atoms with Gasteiger partial charge in [-0.25, -0.2) is 4.98 Å². The molecule has 0 spiro atoms. The van der Waals surface area contributed by atoms with Gasteiger partial charge in [-0.3, -0.25) is 0 Å². The second kappa shape index (κ2) is 3.84. The molecular formula is C9H6F3N3O. The highest BCUT2D eigenvalue weighted by atomic mass is 19.4. The van der Waals surface area contributed by atoms with Crippen molar-refractivity contribution in [1.29, 1.82) is 0 Å². The number of aromatic nitrogens is 2. The molecule has 0 fully saturated rings. The van der Waals surface area contributed by atoms with Crippen LogP contribution in [0.15, 0.2) is 35.0 Å². The number of halogens is 3. The summed E-state index contributed by atoms with van der Waals surface area (Å²) in [5.74, 6) is -0.790. The Balaban J connectivity index is 2.15. The van der Waals surface area contributed by atoms with E-state index >= 15 is 0 Å². The first-order valence-electron chi connectivity index (χ1n) is 4.28. The molecule has 84 valence electrons. The van der Waals surface area contributed by atoms with Crippen molar-refractivity contribution in [2.45, 2.75) is 6.18 Å². The van der Waals surface area contributed by atoms with E-state index in [-0.39, 0.29) is 5.82 Å². The van der Waals surface area contributed by atoms with Gasteiger partial charge in [-0.1, -0.05) is 11.2 Å². The molecule has 4 nitrogen and oxygen atoms in total. The molecule has 0 radical (unpaired) electrons. The highest BCUT2D eigenvalue weighted by molar-refractivity contribution is 5.50. The number of anilines is 2. The van der Waals surface area contributed by atoms with E-state index in [1.54, 1.807) is 18.2 Å². The first-order chi connectivity index (χ1) is 7.55. The third-order valence-electron chi connectivity index (χ3n) is 1.71. The van der Waals surface area contributed by atoms with E-state index in [1.165, 1.54) is 6.20 Å². The molecule has 0 aliphatic rings. The van der Waals surface area contributed by atoms with Gasteiger partial charge in [-0.05, 0) is 12.1 Å². The second-order valence-corrected chi connectivity index (χ2v) is 2.91. The molecule has 0 aliphatic heterocycles. The Morgan fingerprint density at radius 3 is 2.56 bits per heavy atom. The lowest BCUT2D eigenvalue weighted by molar-refractivity contribution is -0.155. The van der Waals surface area contributed by atoms with E-state index in [9.17, 15) is 13.2 Å². The Morgan fingerprint density at radius 1 is 1.19 bits per heavy atom. The van der Waals surface area contributed by atoms with Gasteiger partial charge in [-0.2, -0.15) is 13.2 Å². The monoisotopic (exact) mass is 229 g/mol. The zero-order valence-electron chi connectivity index (χ0n) is 7.82. The van der Waals surface area contributed by atoms with Gasteiger partial charge in [-0.15, -0.1) is 0 Å². The van der Waals surface area contributed by atoms with Crippen molar-refractivity contribution in [2.75, 3.05) is 5.32 Å². The lowest BCUT2D eigenvalue weighted by Crippen LogP contribution is -2.02. The Bertz CT molecular complexity index is 466. The normalized spacial score (nSPS) is 11.4. The Kier molecular flexibility index (Phi) is 2.51. The van der Waals surface area contributed by atoms with E-state index in [4.69, 9.17) is 0 Å². The van der Waals surface area contributed by atoms with Gasteiger partial charge in [0.25, 0.3) is 0 Å². The summed E-state index contributed by atoms with van der Waals surface area (Å²) >= 11 is 0. The lowest BCUT2D eigenvalue weighted by atomic mass is 10.4. The molecular weight excluding hydrogens is 223 g/mol. The van der Waals surface area contributed by atoms with Gasteiger partial charge in [0.15, 0.2) is 5.82 Å². The molecule has 16 heavy (non-hydrogen) atoms. The van der Waals surface area contributed by atoms with Crippen molar-refractivity contribution < 1.29 is 17.7 Å². The summed E-state index contributed by atoms with van der Waals surface area (Å²) in [4.78, 5) is 3.87. The highest BCUT2D eigenvalue weighted by Crippen LogP contribution is 2.31. The molecule has 0 aliphatic carbocycles. The predicted molar refractivity (Wildman–Crippen MR) is 49.0 cm³/mol. The fourth-order valence-electron chi connectivity index (χ4n) is 1.04. The molecule has 2 aromatic rings. The minimum Gasteiger partial charge on any atom is -0.349 e. The van der Waals surface area contributed by atoms with Crippen LogP contribution in [0.2, 0.25) is 0 Å². The summed E-state index contributed by atoms with van der Waals surface area (Å²) in [5, 5.41) is 5.81. The zero-order chi connectivity index (χ0) is 11.6. The predicted octanol–water partition coefficient (Wildman–Crippen LogP) is 2.83. The molecule has 0 unspecified atom stereocenters. The fraction of sp³-hybridized carbons (Fsp3) is 0.111. The molecule has 0 saturated heterocycles. The maximum absolute atomic E-state index is 12.2. The van der Waals surface area contributed by atoms with Crippen LogP contribution in [0.3, 0.4) is 0 Å². The van der Waals surface area contributed by atoms with Crippen LogP contribution < -0.4 is 5.32 Å². The number of nitrogens with zero attached hydrogens (tertiary/aromatic N) is 2. The van der Waals surface area contributed by atoms with Crippen molar-refractivity contribution in [3.8, 4) is 0 Å². The Labute approximate surface area is 88.1 Å². The summed E-state index contributed by atoms with van der Waals surface area (Å²) in [6.07, 6.45) is -3.02.